The van der Waals surface area contributed by atoms with Crippen LogP contribution in [0.25, 0.3) is 0 Å². The summed E-state index contributed by atoms with van der Waals surface area (Å²) in [5.41, 5.74) is 0.363. The summed E-state index contributed by atoms with van der Waals surface area (Å²) >= 11 is 0. The Morgan fingerprint density at radius 2 is 2.31 bits per heavy atom. The molecule has 2 aliphatic rings. The van der Waals surface area contributed by atoms with Gasteiger partial charge in [-0.2, -0.15) is 0 Å². The highest BCUT2D eigenvalue weighted by Gasteiger charge is 2.48. The molecule has 1 N–H and O–H groups in total. The lowest BCUT2D eigenvalue weighted by molar-refractivity contribution is 0.155. The average Bonchev–Trinajstić information content (AvgIpc) is 2.58. The van der Waals surface area contributed by atoms with E-state index in [1.165, 1.54) is 19.6 Å². The van der Waals surface area contributed by atoms with Crippen LogP contribution in [0.5, 0.6) is 0 Å². The van der Waals surface area contributed by atoms with Gasteiger partial charge in [0, 0.05) is 25.2 Å². The Kier molecular flexibility index (Phi) is 2.20. The van der Waals surface area contributed by atoms with Gasteiger partial charge < -0.3 is 5.32 Å². The zero-order chi connectivity index (χ0) is 9.47. The van der Waals surface area contributed by atoms with Gasteiger partial charge in [0.15, 0.2) is 0 Å². The molecular weight excluding hydrogens is 160 g/mol. The van der Waals surface area contributed by atoms with Crippen LogP contribution in [0.4, 0.5) is 0 Å². The molecule has 2 heterocycles. The molecule has 0 bridgehead atoms. The normalized spacial score (nSPS) is 37.7. The first kappa shape index (κ1) is 9.22. The molecule has 0 aromatic rings. The minimum atomic E-state index is 0.363. The van der Waals surface area contributed by atoms with E-state index in [9.17, 15) is 0 Å². The molecule has 13 heavy (non-hydrogen) atoms. The van der Waals surface area contributed by atoms with Crippen molar-refractivity contribution < 1.29 is 0 Å². The maximum atomic E-state index is 3.83. The summed E-state index contributed by atoms with van der Waals surface area (Å²) in [6, 6.07) is 0. The highest BCUT2D eigenvalue weighted by atomic mass is 15.2. The van der Waals surface area contributed by atoms with Crippen LogP contribution in [0.15, 0.2) is 12.7 Å². The summed E-state index contributed by atoms with van der Waals surface area (Å²) in [4.78, 5) is 2.57. The molecule has 0 radical (unpaired) electrons. The first-order chi connectivity index (χ1) is 6.16. The molecule has 0 spiro atoms. The predicted molar refractivity (Wildman–Crippen MR) is 55.7 cm³/mol. The number of hydrogen-bond donors (Lipinski definition) is 1. The summed E-state index contributed by atoms with van der Waals surface area (Å²) in [6.45, 7) is 13.3. The number of hydrogen-bond acceptors (Lipinski definition) is 2. The zero-order valence-electron chi connectivity index (χ0n) is 8.71. The Labute approximate surface area is 81.0 Å². The molecule has 74 valence electrons. The summed E-state index contributed by atoms with van der Waals surface area (Å²) < 4.78 is 0. The van der Waals surface area contributed by atoms with Gasteiger partial charge in [0.25, 0.3) is 0 Å². The fraction of sp³-hybridized carbons (Fsp3) is 0.818. The number of likely N-dealkylation sites (tertiary alicyclic amines) is 1. The summed E-state index contributed by atoms with van der Waals surface area (Å²) in [7, 11) is 0. The van der Waals surface area contributed by atoms with E-state index in [-0.39, 0.29) is 0 Å². The Balaban J connectivity index is 2.13. The van der Waals surface area contributed by atoms with E-state index in [0.717, 1.165) is 18.4 Å². The molecule has 0 aliphatic carbocycles. The van der Waals surface area contributed by atoms with Crippen LogP contribution in [-0.2, 0) is 0 Å². The minimum Gasteiger partial charge on any atom is -0.316 e. The second-order valence-electron chi connectivity index (χ2n) is 4.87. The van der Waals surface area contributed by atoms with Gasteiger partial charge in [0.2, 0.25) is 0 Å². The first-order valence-corrected chi connectivity index (χ1v) is 5.23. The molecule has 0 amide bonds. The van der Waals surface area contributed by atoms with Crippen LogP contribution >= 0.6 is 0 Å². The van der Waals surface area contributed by atoms with Gasteiger partial charge >= 0.3 is 0 Å². The molecule has 2 saturated heterocycles. The van der Waals surface area contributed by atoms with Crippen molar-refractivity contribution in [1.29, 1.82) is 0 Å². The molecule has 2 atom stereocenters. The number of nitrogens with zero attached hydrogens (tertiary/aromatic N) is 1. The third-order valence-corrected chi connectivity index (χ3v) is 3.87. The van der Waals surface area contributed by atoms with Crippen LogP contribution < -0.4 is 5.32 Å². The number of rotatable bonds is 2. The monoisotopic (exact) mass is 180 g/mol. The molecule has 2 nitrogen and oxygen atoms in total. The summed E-state index contributed by atoms with van der Waals surface area (Å²) in [5, 5.41) is 3.49. The van der Waals surface area contributed by atoms with Crippen molar-refractivity contribution in [2.45, 2.75) is 19.4 Å². The zero-order valence-corrected chi connectivity index (χ0v) is 8.71. The minimum absolute atomic E-state index is 0.363. The van der Waals surface area contributed by atoms with Crippen molar-refractivity contribution in [3.63, 3.8) is 0 Å². The average molecular weight is 180 g/mol. The van der Waals surface area contributed by atoms with Crippen molar-refractivity contribution in [3.05, 3.63) is 12.7 Å². The lowest BCUT2D eigenvalue weighted by atomic mass is 9.85. The van der Waals surface area contributed by atoms with E-state index in [1.807, 2.05) is 6.08 Å². The summed E-state index contributed by atoms with van der Waals surface area (Å²) in [6.07, 6.45) is 2.02. The van der Waals surface area contributed by atoms with E-state index in [1.54, 1.807) is 0 Å². The van der Waals surface area contributed by atoms with Crippen molar-refractivity contribution in [3.8, 4) is 0 Å². The predicted octanol–water partition coefficient (Wildman–Crippen LogP) is 1.10. The maximum Gasteiger partial charge on any atom is 0.0200 e. The molecule has 2 rings (SSSR count). The standard InChI is InChI=1S/C11H20N2/c1-4-5-13-8-9-6-12-7-10(9)11(13,2)3/h4,9-10,12H,1,5-8H2,2-3H3. The van der Waals surface area contributed by atoms with E-state index >= 15 is 0 Å². The topological polar surface area (TPSA) is 15.3 Å². The van der Waals surface area contributed by atoms with Gasteiger partial charge in [-0.15, -0.1) is 6.58 Å². The lowest BCUT2D eigenvalue weighted by Crippen LogP contribution is -2.44. The van der Waals surface area contributed by atoms with Gasteiger partial charge in [0.05, 0.1) is 0 Å². The Morgan fingerprint density at radius 3 is 2.92 bits per heavy atom. The third kappa shape index (κ3) is 1.32. The van der Waals surface area contributed by atoms with Crippen LogP contribution in [0.3, 0.4) is 0 Å². The SMILES string of the molecule is C=CCN1CC2CNCC2C1(C)C. The molecule has 0 saturated carbocycles. The van der Waals surface area contributed by atoms with Crippen molar-refractivity contribution in [2.24, 2.45) is 11.8 Å². The fourth-order valence-corrected chi connectivity index (χ4v) is 2.97. The van der Waals surface area contributed by atoms with E-state index in [4.69, 9.17) is 0 Å². The van der Waals surface area contributed by atoms with Crippen molar-refractivity contribution >= 4 is 0 Å². The van der Waals surface area contributed by atoms with E-state index in [2.05, 4.69) is 30.6 Å². The number of fused-ring (bicyclic) bond motifs is 1. The molecule has 0 aromatic carbocycles. The second-order valence-corrected chi connectivity index (χ2v) is 4.87. The molecule has 2 unspecified atom stereocenters. The molecule has 2 heteroatoms. The quantitative estimate of drug-likeness (QED) is 0.640. The van der Waals surface area contributed by atoms with Crippen molar-refractivity contribution in [2.75, 3.05) is 26.2 Å². The van der Waals surface area contributed by atoms with Crippen molar-refractivity contribution in [1.82, 2.24) is 10.2 Å². The number of nitrogens with one attached hydrogen (secondary N) is 1. The van der Waals surface area contributed by atoms with Gasteiger partial charge in [-0.05, 0) is 32.2 Å². The Hall–Kier alpha value is -0.340. The largest absolute Gasteiger partial charge is 0.316 e. The fourth-order valence-electron chi connectivity index (χ4n) is 2.97. The second kappa shape index (κ2) is 3.10. The highest BCUT2D eigenvalue weighted by molar-refractivity contribution is 5.05. The van der Waals surface area contributed by atoms with Crippen LogP contribution in [0.1, 0.15) is 13.8 Å². The highest BCUT2D eigenvalue weighted by Crippen LogP contribution is 2.40. The summed E-state index contributed by atoms with van der Waals surface area (Å²) in [5.74, 6) is 1.71. The first-order valence-electron chi connectivity index (χ1n) is 5.23. The van der Waals surface area contributed by atoms with Crippen LogP contribution in [0.2, 0.25) is 0 Å². The molecular formula is C11H20N2. The van der Waals surface area contributed by atoms with Gasteiger partial charge in [-0.1, -0.05) is 6.08 Å². The maximum absolute atomic E-state index is 3.83. The van der Waals surface area contributed by atoms with Crippen LogP contribution in [0, 0.1) is 11.8 Å². The lowest BCUT2D eigenvalue weighted by Gasteiger charge is -2.34. The van der Waals surface area contributed by atoms with Gasteiger partial charge in [-0.3, -0.25) is 4.90 Å². The van der Waals surface area contributed by atoms with E-state index in [0.29, 0.717) is 5.54 Å². The third-order valence-electron chi connectivity index (χ3n) is 3.87. The van der Waals surface area contributed by atoms with Crippen LogP contribution in [-0.4, -0.2) is 36.6 Å². The molecule has 2 fully saturated rings. The Bertz CT molecular complexity index is 210. The molecule has 0 aromatic heterocycles. The van der Waals surface area contributed by atoms with E-state index < -0.39 is 0 Å². The molecule has 2 aliphatic heterocycles. The smallest absolute Gasteiger partial charge is 0.0200 e. The van der Waals surface area contributed by atoms with Gasteiger partial charge in [-0.25, -0.2) is 0 Å². The Morgan fingerprint density at radius 1 is 1.54 bits per heavy atom. The van der Waals surface area contributed by atoms with Gasteiger partial charge in [0.1, 0.15) is 0 Å².